The molecule has 4 nitrogen and oxygen atoms in total. The molecule has 0 spiro atoms. The molecule has 1 heterocycles. The van der Waals surface area contributed by atoms with Crippen molar-refractivity contribution < 1.29 is 5.11 Å². The molecule has 0 aliphatic carbocycles. The molecule has 0 saturated carbocycles. The van der Waals surface area contributed by atoms with Gasteiger partial charge in [-0.1, -0.05) is 17.3 Å². The van der Waals surface area contributed by atoms with E-state index in [0.717, 1.165) is 17.8 Å². The summed E-state index contributed by atoms with van der Waals surface area (Å²) in [5.74, 6) is 0.244. The summed E-state index contributed by atoms with van der Waals surface area (Å²) in [6, 6.07) is 6.98. The Balaban J connectivity index is 2.39. The molecule has 0 atom stereocenters. The van der Waals surface area contributed by atoms with Gasteiger partial charge in [0.25, 0.3) is 0 Å². The van der Waals surface area contributed by atoms with Gasteiger partial charge in [-0.25, -0.2) is 0 Å². The zero-order valence-electron chi connectivity index (χ0n) is 7.88. The molecule has 0 unspecified atom stereocenters. The summed E-state index contributed by atoms with van der Waals surface area (Å²) in [5.41, 5.74) is 1.66. The summed E-state index contributed by atoms with van der Waals surface area (Å²) in [5, 5.41) is 17.2. The number of aromatic nitrogens is 3. The van der Waals surface area contributed by atoms with E-state index in [1.807, 2.05) is 19.2 Å². The highest BCUT2D eigenvalue weighted by Crippen LogP contribution is 2.20. The monoisotopic (exact) mass is 189 g/mol. The maximum atomic E-state index is 9.28. The van der Waals surface area contributed by atoms with Gasteiger partial charge in [0.05, 0.1) is 6.20 Å². The normalized spacial score (nSPS) is 10.4. The molecule has 0 saturated heterocycles. The van der Waals surface area contributed by atoms with Crippen molar-refractivity contribution in [1.82, 2.24) is 15.0 Å². The number of rotatable bonds is 2. The SMILES string of the molecule is CCn1cc(-c2cccc(O)c2)nn1. The Bertz CT molecular complexity index is 436. The third-order valence-electron chi connectivity index (χ3n) is 2.00. The molecule has 2 rings (SSSR count). The topological polar surface area (TPSA) is 50.9 Å². The molecular formula is C10H11N3O. The van der Waals surface area contributed by atoms with Crippen LogP contribution in [0.15, 0.2) is 30.5 Å². The molecule has 0 aliphatic rings. The summed E-state index contributed by atoms with van der Waals surface area (Å²) in [4.78, 5) is 0. The minimum Gasteiger partial charge on any atom is -0.508 e. The van der Waals surface area contributed by atoms with Crippen LogP contribution in [0.25, 0.3) is 11.3 Å². The van der Waals surface area contributed by atoms with E-state index in [1.165, 1.54) is 0 Å². The summed E-state index contributed by atoms with van der Waals surface area (Å²) >= 11 is 0. The quantitative estimate of drug-likeness (QED) is 0.781. The van der Waals surface area contributed by atoms with E-state index >= 15 is 0 Å². The number of benzene rings is 1. The summed E-state index contributed by atoms with van der Waals surface area (Å²) < 4.78 is 1.75. The standard InChI is InChI=1S/C10H11N3O/c1-2-13-7-10(11-12-13)8-4-3-5-9(14)6-8/h3-7,14H,2H2,1H3. The third-order valence-corrected chi connectivity index (χ3v) is 2.00. The molecule has 0 radical (unpaired) electrons. The first-order valence-electron chi connectivity index (χ1n) is 4.49. The molecule has 0 fully saturated rings. The lowest BCUT2D eigenvalue weighted by Crippen LogP contribution is -1.93. The van der Waals surface area contributed by atoms with Gasteiger partial charge in [0.2, 0.25) is 0 Å². The minimum atomic E-state index is 0.244. The Morgan fingerprint density at radius 3 is 2.93 bits per heavy atom. The highest BCUT2D eigenvalue weighted by Gasteiger charge is 2.02. The van der Waals surface area contributed by atoms with Gasteiger partial charge in [-0.3, -0.25) is 4.68 Å². The molecule has 0 bridgehead atoms. The fraction of sp³-hybridized carbons (Fsp3) is 0.200. The van der Waals surface area contributed by atoms with Crippen LogP contribution in [0.2, 0.25) is 0 Å². The van der Waals surface area contributed by atoms with E-state index in [2.05, 4.69) is 10.3 Å². The van der Waals surface area contributed by atoms with Crippen molar-refractivity contribution in [3.63, 3.8) is 0 Å². The van der Waals surface area contributed by atoms with Crippen LogP contribution in [0.5, 0.6) is 5.75 Å². The average Bonchev–Trinajstić information content (AvgIpc) is 2.66. The molecule has 0 aliphatic heterocycles. The summed E-state index contributed by atoms with van der Waals surface area (Å²) in [6.45, 7) is 2.80. The van der Waals surface area contributed by atoms with Crippen LogP contribution >= 0.6 is 0 Å². The number of phenolic OH excluding ortho intramolecular Hbond substituents is 1. The first kappa shape index (κ1) is 8.74. The lowest BCUT2D eigenvalue weighted by molar-refractivity contribution is 0.475. The van der Waals surface area contributed by atoms with Crippen LogP contribution in [0, 0.1) is 0 Å². The Morgan fingerprint density at radius 1 is 1.43 bits per heavy atom. The molecule has 1 aromatic carbocycles. The van der Waals surface area contributed by atoms with E-state index in [4.69, 9.17) is 0 Å². The predicted octanol–water partition coefficient (Wildman–Crippen LogP) is 1.67. The zero-order chi connectivity index (χ0) is 9.97. The summed E-state index contributed by atoms with van der Waals surface area (Å²) in [6.07, 6.45) is 1.86. The minimum absolute atomic E-state index is 0.244. The molecule has 1 aromatic heterocycles. The predicted molar refractivity (Wildman–Crippen MR) is 52.8 cm³/mol. The second-order valence-electron chi connectivity index (χ2n) is 3.01. The second kappa shape index (κ2) is 3.49. The van der Waals surface area contributed by atoms with Crippen LogP contribution in [0.1, 0.15) is 6.92 Å². The molecule has 4 heteroatoms. The van der Waals surface area contributed by atoms with Gasteiger partial charge in [-0.2, -0.15) is 0 Å². The van der Waals surface area contributed by atoms with Crippen molar-refractivity contribution in [2.45, 2.75) is 13.5 Å². The van der Waals surface area contributed by atoms with Crippen LogP contribution in [0.3, 0.4) is 0 Å². The largest absolute Gasteiger partial charge is 0.508 e. The first-order valence-corrected chi connectivity index (χ1v) is 4.49. The van der Waals surface area contributed by atoms with Gasteiger partial charge < -0.3 is 5.11 Å². The second-order valence-corrected chi connectivity index (χ2v) is 3.01. The van der Waals surface area contributed by atoms with E-state index in [1.54, 1.807) is 22.9 Å². The maximum absolute atomic E-state index is 9.28. The van der Waals surface area contributed by atoms with Crippen LogP contribution < -0.4 is 0 Å². The number of aryl methyl sites for hydroxylation is 1. The fourth-order valence-electron chi connectivity index (χ4n) is 1.25. The zero-order valence-corrected chi connectivity index (χ0v) is 7.88. The smallest absolute Gasteiger partial charge is 0.116 e. The van der Waals surface area contributed by atoms with Gasteiger partial charge in [-0.15, -0.1) is 5.10 Å². The summed E-state index contributed by atoms with van der Waals surface area (Å²) in [7, 11) is 0. The fourth-order valence-corrected chi connectivity index (χ4v) is 1.25. The number of phenols is 1. The lowest BCUT2D eigenvalue weighted by atomic mass is 10.1. The Morgan fingerprint density at radius 2 is 2.29 bits per heavy atom. The van der Waals surface area contributed by atoms with Crippen molar-refractivity contribution in [1.29, 1.82) is 0 Å². The third kappa shape index (κ3) is 1.59. The Hall–Kier alpha value is -1.84. The maximum Gasteiger partial charge on any atom is 0.116 e. The number of aromatic hydroxyl groups is 1. The van der Waals surface area contributed by atoms with Gasteiger partial charge >= 0.3 is 0 Å². The van der Waals surface area contributed by atoms with Crippen LogP contribution in [-0.2, 0) is 6.54 Å². The number of hydrogen-bond donors (Lipinski definition) is 1. The van der Waals surface area contributed by atoms with Gasteiger partial charge in [0.15, 0.2) is 0 Å². The number of hydrogen-bond acceptors (Lipinski definition) is 3. The van der Waals surface area contributed by atoms with Crippen LogP contribution in [-0.4, -0.2) is 20.1 Å². The molecule has 72 valence electrons. The van der Waals surface area contributed by atoms with Gasteiger partial charge in [-0.05, 0) is 19.1 Å². The average molecular weight is 189 g/mol. The number of nitrogens with zero attached hydrogens (tertiary/aromatic N) is 3. The lowest BCUT2D eigenvalue weighted by Gasteiger charge is -1.95. The highest BCUT2D eigenvalue weighted by molar-refractivity contribution is 5.59. The molecule has 2 aromatic rings. The van der Waals surface area contributed by atoms with Crippen molar-refractivity contribution in [3.8, 4) is 17.0 Å². The van der Waals surface area contributed by atoms with E-state index in [9.17, 15) is 5.11 Å². The highest BCUT2D eigenvalue weighted by atomic mass is 16.3. The Kier molecular flexibility index (Phi) is 2.18. The molecule has 1 N–H and O–H groups in total. The molecule has 0 amide bonds. The first-order chi connectivity index (χ1) is 6.79. The van der Waals surface area contributed by atoms with Gasteiger partial charge in [0.1, 0.15) is 11.4 Å². The van der Waals surface area contributed by atoms with E-state index in [0.29, 0.717) is 0 Å². The van der Waals surface area contributed by atoms with E-state index < -0.39 is 0 Å². The van der Waals surface area contributed by atoms with E-state index in [-0.39, 0.29) is 5.75 Å². The van der Waals surface area contributed by atoms with Crippen molar-refractivity contribution >= 4 is 0 Å². The molecule has 14 heavy (non-hydrogen) atoms. The van der Waals surface area contributed by atoms with Crippen LogP contribution in [0.4, 0.5) is 0 Å². The van der Waals surface area contributed by atoms with Crippen molar-refractivity contribution in [2.75, 3.05) is 0 Å². The molecular weight excluding hydrogens is 178 g/mol. The van der Waals surface area contributed by atoms with Gasteiger partial charge in [0, 0.05) is 12.1 Å². The van der Waals surface area contributed by atoms with Crippen molar-refractivity contribution in [2.24, 2.45) is 0 Å². The van der Waals surface area contributed by atoms with Crippen molar-refractivity contribution in [3.05, 3.63) is 30.5 Å². The Labute approximate surface area is 81.8 Å².